The lowest BCUT2D eigenvalue weighted by Gasteiger charge is -2.12. The number of rotatable bonds is 5. The van der Waals surface area contributed by atoms with E-state index in [-0.39, 0.29) is 23.3 Å². The largest absolute Gasteiger partial charge is 0.416 e. The average molecular weight is 643 g/mol. The summed E-state index contributed by atoms with van der Waals surface area (Å²) in [5, 5.41) is 0. The Morgan fingerprint density at radius 2 is 0.667 bits per heavy atom. The van der Waals surface area contributed by atoms with Gasteiger partial charge in [-0.15, -0.1) is 22.7 Å². The van der Waals surface area contributed by atoms with E-state index in [4.69, 9.17) is 0 Å². The molecular formula is C28H14F12S2. The number of thiophene rings is 2. The van der Waals surface area contributed by atoms with Crippen LogP contribution in [0.3, 0.4) is 0 Å². The van der Waals surface area contributed by atoms with Crippen molar-refractivity contribution < 1.29 is 52.7 Å². The van der Waals surface area contributed by atoms with Crippen molar-refractivity contribution in [3.8, 4) is 9.75 Å². The predicted molar refractivity (Wildman–Crippen MR) is 138 cm³/mol. The molecule has 0 fully saturated rings. The third kappa shape index (κ3) is 7.85. The van der Waals surface area contributed by atoms with E-state index in [1.54, 1.807) is 24.3 Å². The van der Waals surface area contributed by atoms with E-state index < -0.39 is 47.0 Å². The zero-order valence-corrected chi connectivity index (χ0v) is 22.1. The lowest BCUT2D eigenvalue weighted by molar-refractivity contribution is -0.144. The Bertz CT molecular complexity index is 1440. The molecule has 0 amide bonds. The molecule has 0 spiro atoms. The summed E-state index contributed by atoms with van der Waals surface area (Å²) in [6.07, 6.45) is -15.0. The van der Waals surface area contributed by atoms with Gasteiger partial charge in [0.15, 0.2) is 0 Å². The number of benzene rings is 2. The van der Waals surface area contributed by atoms with Gasteiger partial charge >= 0.3 is 24.7 Å². The molecule has 2 heterocycles. The number of alkyl halides is 12. The second-order valence-electron chi connectivity index (χ2n) is 8.75. The fraction of sp³-hybridized carbons (Fsp3) is 0.143. The minimum Gasteiger partial charge on any atom is -0.166 e. The summed E-state index contributed by atoms with van der Waals surface area (Å²) in [6.45, 7) is 0. The third-order valence-corrected chi connectivity index (χ3v) is 7.89. The van der Waals surface area contributed by atoms with Gasteiger partial charge in [-0.05, 0) is 83.9 Å². The van der Waals surface area contributed by atoms with E-state index in [0.717, 1.165) is 12.2 Å². The predicted octanol–water partition coefficient (Wildman–Crippen LogP) is 11.9. The van der Waals surface area contributed by atoms with Crippen molar-refractivity contribution in [1.82, 2.24) is 0 Å². The maximum absolute atomic E-state index is 13.1. The van der Waals surface area contributed by atoms with Crippen LogP contribution < -0.4 is 0 Å². The van der Waals surface area contributed by atoms with Crippen molar-refractivity contribution in [2.45, 2.75) is 24.7 Å². The number of hydrogen-bond donors (Lipinski definition) is 0. The minimum atomic E-state index is -4.98. The third-order valence-electron chi connectivity index (χ3n) is 5.60. The Labute approximate surface area is 237 Å². The zero-order chi connectivity index (χ0) is 31.1. The molecule has 0 atom stereocenters. The van der Waals surface area contributed by atoms with Crippen molar-refractivity contribution in [1.29, 1.82) is 0 Å². The quantitative estimate of drug-likeness (QED) is 0.190. The van der Waals surface area contributed by atoms with E-state index >= 15 is 0 Å². The monoisotopic (exact) mass is 642 g/mol. The summed E-state index contributed by atoms with van der Waals surface area (Å²) in [4.78, 5) is 2.34. The van der Waals surface area contributed by atoms with Gasteiger partial charge in [-0.3, -0.25) is 0 Å². The van der Waals surface area contributed by atoms with Crippen LogP contribution in [-0.4, -0.2) is 0 Å². The molecule has 0 bridgehead atoms. The molecule has 0 aliphatic heterocycles. The molecular weight excluding hydrogens is 628 g/mol. The Kier molecular flexibility index (Phi) is 8.44. The Hall–Kier alpha value is -3.52. The van der Waals surface area contributed by atoms with E-state index in [2.05, 4.69) is 0 Å². The average Bonchev–Trinajstić information content (AvgIpc) is 3.53. The Morgan fingerprint density at radius 3 is 0.929 bits per heavy atom. The van der Waals surface area contributed by atoms with Crippen LogP contribution in [0.15, 0.2) is 60.7 Å². The van der Waals surface area contributed by atoms with Gasteiger partial charge < -0.3 is 0 Å². The molecule has 0 N–H and O–H groups in total. The van der Waals surface area contributed by atoms with Crippen LogP contribution in [0.1, 0.15) is 43.1 Å². The summed E-state index contributed by atoms with van der Waals surface area (Å²) in [6, 6.07) is 8.94. The smallest absolute Gasteiger partial charge is 0.166 e. The first-order valence-corrected chi connectivity index (χ1v) is 13.1. The summed E-state index contributed by atoms with van der Waals surface area (Å²) in [7, 11) is 0. The number of hydrogen-bond acceptors (Lipinski definition) is 2. The van der Waals surface area contributed by atoms with E-state index in [0.29, 0.717) is 43.8 Å². The molecule has 0 nitrogen and oxygen atoms in total. The molecule has 0 aliphatic carbocycles. The maximum Gasteiger partial charge on any atom is 0.416 e. The molecule has 42 heavy (non-hydrogen) atoms. The highest BCUT2D eigenvalue weighted by atomic mass is 32.1. The van der Waals surface area contributed by atoms with Crippen LogP contribution >= 0.6 is 22.7 Å². The highest BCUT2D eigenvalue weighted by molar-refractivity contribution is 7.23. The molecule has 4 rings (SSSR count). The van der Waals surface area contributed by atoms with Gasteiger partial charge in [0.1, 0.15) is 0 Å². The Morgan fingerprint density at radius 1 is 0.381 bits per heavy atom. The standard InChI is InChI=1S/C28H14F12S2/c29-25(30,31)17-9-15(10-18(13-17)26(32,33)34)1-3-21-5-7-23(41-21)24-8-6-22(42-24)4-2-16-11-19(27(35,36)37)14-20(12-16)28(38,39)40/h1-14H/b3-1+,4-2+. The molecule has 222 valence electrons. The van der Waals surface area contributed by atoms with Crippen LogP contribution in [0.5, 0.6) is 0 Å². The number of halogens is 12. The topological polar surface area (TPSA) is 0 Å². The van der Waals surface area contributed by atoms with Gasteiger partial charge in [-0.1, -0.05) is 12.2 Å². The van der Waals surface area contributed by atoms with Crippen molar-refractivity contribution in [2.75, 3.05) is 0 Å². The lowest BCUT2D eigenvalue weighted by Crippen LogP contribution is -2.11. The first-order chi connectivity index (χ1) is 19.3. The van der Waals surface area contributed by atoms with Gasteiger partial charge in [0.05, 0.1) is 22.3 Å². The zero-order valence-electron chi connectivity index (χ0n) is 20.4. The molecule has 0 saturated heterocycles. The van der Waals surface area contributed by atoms with Crippen molar-refractivity contribution in [3.63, 3.8) is 0 Å². The second kappa shape index (κ2) is 11.3. The molecule has 0 saturated carbocycles. The Balaban J connectivity index is 1.55. The van der Waals surface area contributed by atoms with E-state index in [1.165, 1.54) is 34.8 Å². The van der Waals surface area contributed by atoms with Crippen LogP contribution in [0.25, 0.3) is 34.1 Å². The highest BCUT2D eigenvalue weighted by Crippen LogP contribution is 2.39. The van der Waals surface area contributed by atoms with Crippen LogP contribution in [0.2, 0.25) is 0 Å². The van der Waals surface area contributed by atoms with Gasteiger partial charge in [0.25, 0.3) is 0 Å². The van der Waals surface area contributed by atoms with Gasteiger partial charge in [-0.25, -0.2) is 0 Å². The first-order valence-electron chi connectivity index (χ1n) is 11.4. The fourth-order valence-electron chi connectivity index (χ4n) is 3.66. The summed E-state index contributed by atoms with van der Waals surface area (Å²) in [5.74, 6) is 0. The molecule has 2 aromatic heterocycles. The summed E-state index contributed by atoms with van der Waals surface area (Å²) >= 11 is 2.33. The molecule has 0 radical (unpaired) electrons. The molecule has 2 aromatic carbocycles. The molecule has 0 unspecified atom stereocenters. The van der Waals surface area contributed by atoms with E-state index in [1.807, 2.05) is 0 Å². The summed E-state index contributed by atoms with van der Waals surface area (Å²) < 4.78 is 157. The molecule has 14 heteroatoms. The lowest BCUT2D eigenvalue weighted by atomic mass is 10.0. The van der Waals surface area contributed by atoms with Crippen LogP contribution in [0, 0.1) is 0 Å². The van der Waals surface area contributed by atoms with Gasteiger partial charge in [0.2, 0.25) is 0 Å². The second-order valence-corrected chi connectivity index (χ2v) is 11.0. The summed E-state index contributed by atoms with van der Waals surface area (Å²) in [5.41, 5.74) is -6.38. The normalized spacial score (nSPS) is 13.5. The van der Waals surface area contributed by atoms with Crippen molar-refractivity contribution in [2.24, 2.45) is 0 Å². The minimum absolute atomic E-state index is 0.0334. The van der Waals surface area contributed by atoms with Crippen molar-refractivity contribution in [3.05, 3.63) is 104 Å². The molecule has 0 aliphatic rings. The maximum atomic E-state index is 13.1. The molecule has 4 aromatic rings. The first kappa shape index (κ1) is 31.4. The fourth-order valence-corrected chi connectivity index (χ4v) is 5.57. The SMILES string of the molecule is FC(F)(F)c1cc(/C=C/c2ccc(-c3ccc(/C=C/c4cc(C(F)(F)F)cc(C(F)(F)F)c4)s3)s2)cc(C(F)(F)F)c1. The van der Waals surface area contributed by atoms with Gasteiger partial charge in [0, 0.05) is 19.5 Å². The highest BCUT2D eigenvalue weighted by Gasteiger charge is 2.37. The van der Waals surface area contributed by atoms with Crippen LogP contribution in [-0.2, 0) is 24.7 Å². The van der Waals surface area contributed by atoms with Gasteiger partial charge in [-0.2, -0.15) is 52.7 Å². The van der Waals surface area contributed by atoms with E-state index in [9.17, 15) is 52.7 Å². The van der Waals surface area contributed by atoms with Crippen LogP contribution in [0.4, 0.5) is 52.7 Å². The van der Waals surface area contributed by atoms with Crippen molar-refractivity contribution >= 4 is 47.0 Å².